The second-order valence-electron chi connectivity index (χ2n) is 9.19. The number of esters is 1. The lowest BCUT2D eigenvalue weighted by atomic mass is 10.1. The van der Waals surface area contributed by atoms with E-state index in [2.05, 4.69) is 5.10 Å². The summed E-state index contributed by atoms with van der Waals surface area (Å²) in [5, 5.41) is 5.18. The highest BCUT2D eigenvalue weighted by molar-refractivity contribution is 7.91. The molecule has 1 atom stereocenters. The van der Waals surface area contributed by atoms with Crippen molar-refractivity contribution < 1.29 is 27.5 Å². The van der Waals surface area contributed by atoms with Crippen molar-refractivity contribution in [3.8, 4) is 5.75 Å². The van der Waals surface area contributed by atoms with Crippen molar-refractivity contribution in [2.75, 3.05) is 24.7 Å². The van der Waals surface area contributed by atoms with Crippen LogP contribution in [-0.2, 0) is 14.6 Å². The van der Waals surface area contributed by atoms with Gasteiger partial charge in [-0.05, 0) is 51.3 Å². The monoisotopic (exact) mass is 497 g/mol. The number of aryl methyl sites for hydroxylation is 1. The van der Waals surface area contributed by atoms with Crippen molar-refractivity contribution in [3.05, 3.63) is 52.8 Å². The number of sulfone groups is 1. The molecule has 10 heteroatoms. The number of carbonyl (C=O) groups is 2. The molecule has 0 spiro atoms. The van der Waals surface area contributed by atoms with Crippen molar-refractivity contribution >= 4 is 32.6 Å². The van der Waals surface area contributed by atoms with Crippen LogP contribution in [0.1, 0.15) is 70.2 Å². The van der Waals surface area contributed by atoms with Crippen molar-refractivity contribution in [3.63, 3.8) is 0 Å². The molecule has 5 rings (SSSR count). The summed E-state index contributed by atoms with van der Waals surface area (Å²) in [4.78, 5) is 29.7. The Labute approximate surface area is 203 Å². The summed E-state index contributed by atoms with van der Waals surface area (Å²) in [6.07, 6.45) is 2.48. The van der Waals surface area contributed by atoms with E-state index >= 15 is 0 Å². The maximum Gasteiger partial charge on any atom is 0.339 e. The van der Waals surface area contributed by atoms with Gasteiger partial charge in [-0.1, -0.05) is 12.1 Å². The third-order valence-electron chi connectivity index (χ3n) is 6.47. The number of rotatable bonds is 8. The number of nitrogens with zero attached hydrogens (tertiary/aromatic N) is 3. The molecule has 2 fully saturated rings. The number of benzene rings is 1. The lowest BCUT2D eigenvalue weighted by molar-refractivity contribution is 0.0451. The standard InChI is InChI=1S/C25H27N3O6S/c1-15-23-20(25(30)34-11-10-33-22-6-4-3-5-19(22)16(2)29)13-21(17-7-8-17)26-24(23)28(27-15)18-9-12-35(31,32)14-18/h3-6,13,17-18H,7-12,14H2,1-2H3. The van der Waals surface area contributed by atoms with Crippen LogP contribution in [0.4, 0.5) is 0 Å². The molecule has 35 heavy (non-hydrogen) atoms. The Balaban J connectivity index is 1.37. The van der Waals surface area contributed by atoms with E-state index in [4.69, 9.17) is 14.5 Å². The zero-order chi connectivity index (χ0) is 24.7. The summed E-state index contributed by atoms with van der Waals surface area (Å²) in [7, 11) is -3.11. The van der Waals surface area contributed by atoms with E-state index in [0.717, 1.165) is 18.5 Å². The molecule has 0 amide bonds. The van der Waals surface area contributed by atoms with Gasteiger partial charge in [0.2, 0.25) is 0 Å². The van der Waals surface area contributed by atoms with Gasteiger partial charge in [0, 0.05) is 11.6 Å². The first-order chi connectivity index (χ1) is 16.7. The van der Waals surface area contributed by atoms with Crippen LogP contribution in [-0.4, -0.2) is 59.7 Å². The Kier molecular flexibility index (Phi) is 6.08. The predicted octanol–water partition coefficient (Wildman–Crippen LogP) is 3.42. The molecule has 0 bridgehead atoms. The van der Waals surface area contributed by atoms with Crippen LogP contribution in [0.25, 0.3) is 11.0 Å². The topological polar surface area (TPSA) is 117 Å². The van der Waals surface area contributed by atoms with Gasteiger partial charge in [0.15, 0.2) is 21.3 Å². The van der Waals surface area contributed by atoms with E-state index in [1.165, 1.54) is 6.92 Å². The smallest absolute Gasteiger partial charge is 0.339 e. The zero-order valence-corrected chi connectivity index (χ0v) is 20.5. The van der Waals surface area contributed by atoms with Gasteiger partial charge >= 0.3 is 5.97 Å². The van der Waals surface area contributed by atoms with Gasteiger partial charge in [-0.25, -0.2) is 22.9 Å². The molecule has 0 N–H and O–H groups in total. The normalized spacial score (nSPS) is 19.1. The summed E-state index contributed by atoms with van der Waals surface area (Å²) >= 11 is 0. The van der Waals surface area contributed by atoms with Crippen LogP contribution in [0.3, 0.4) is 0 Å². The number of hydrogen-bond donors (Lipinski definition) is 0. The van der Waals surface area contributed by atoms with Gasteiger partial charge < -0.3 is 9.47 Å². The summed E-state index contributed by atoms with van der Waals surface area (Å²) in [5.74, 6) is 0.270. The quantitative estimate of drug-likeness (QED) is 0.264. The number of fused-ring (bicyclic) bond motifs is 1. The van der Waals surface area contributed by atoms with Crippen LogP contribution in [0.5, 0.6) is 5.75 Å². The maximum absolute atomic E-state index is 13.1. The first kappa shape index (κ1) is 23.5. The average molecular weight is 498 g/mol. The second-order valence-corrected chi connectivity index (χ2v) is 11.4. The van der Waals surface area contributed by atoms with Crippen molar-refractivity contribution in [2.45, 2.75) is 45.1 Å². The second kappa shape index (κ2) is 9.07. The van der Waals surface area contributed by atoms with Crippen LogP contribution in [0.2, 0.25) is 0 Å². The third kappa shape index (κ3) is 4.80. The van der Waals surface area contributed by atoms with E-state index in [9.17, 15) is 18.0 Å². The predicted molar refractivity (Wildman–Crippen MR) is 129 cm³/mol. The number of carbonyl (C=O) groups excluding carboxylic acids is 2. The Bertz CT molecular complexity index is 1420. The highest BCUT2D eigenvalue weighted by atomic mass is 32.2. The molecule has 2 aromatic heterocycles. The van der Waals surface area contributed by atoms with Gasteiger partial charge in [0.05, 0.1) is 39.8 Å². The minimum Gasteiger partial charge on any atom is -0.489 e. The SMILES string of the molecule is CC(=O)c1ccccc1OCCOC(=O)c1cc(C2CC2)nc2c1c(C)nn2C1CCS(=O)(=O)C1. The van der Waals surface area contributed by atoms with Crippen LogP contribution in [0, 0.1) is 6.92 Å². The minimum absolute atomic E-state index is 0.00169. The molecule has 1 aliphatic heterocycles. The molecule has 184 valence electrons. The number of aromatic nitrogens is 3. The molecule has 0 radical (unpaired) electrons. The molecule has 1 aliphatic carbocycles. The third-order valence-corrected chi connectivity index (χ3v) is 8.22. The zero-order valence-electron chi connectivity index (χ0n) is 19.7. The Morgan fingerprint density at radius 3 is 2.57 bits per heavy atom. The minimum atomic E-state index is -3.11. The number of pyridine rings is 1. The summed E-state index contributed by atoms with van der Waals surface area (Å²) in [6.45, 7) is 3.36. The van der Waals surface area contributed by atoms with Crippen LogP contribution < -0.4 is 4.74 Å². The molecule has 1 saturated heterocycles. The van der Waals surface area contributed by atoms with Gasteiger partial charge in [-0.2, -0.15) is 5.10 Å². The lowest BCUT2D eigenvalue weighted by Gasteiger charge is -2.12. The first-order valence-electron chi connectivity index (χ1n) is 11.7. The van der Waals surface area contributed by atoms with E-state index < -0.39 is 15.8 Å². The van der Waals surface area contributed by atoms with Gasteiger partial charge in [-0.15, -0.1) is 0 Å². The number of para-hydroxylation sites is 1. The van der Waals surface area contributed by atoms with E-state index in [1.54, 1.807) is 41.9 Å². The maximum atomic E-state index is 13.1. The van der Waals surface area contributed by atoms with Gasteiger partial charge in [-0.3, -0.25) is 4.79 Å². The van der Waals surface area contributed by atoms with E-state index in [0.29, 0.717) is 40.0 Å². The van der Waals surface area contributed by atoms with Crippen molar-refractivity contribution in [1.29, 1.82) is 0 Å². The van der Waals surface area contributed by atoms with Crippen LogP contribution >= 0.6 is 0 Å². The molecule has 1 aromatic carbocycles. The molecule has 1 saturated carbocycles. The lowest BCUT2D eigenvalue weighted by Crippen LogP contribution is -2.15. The highest BCUT2D eigenvalue weighted by Gasteiger charge is 2.34. The van der Waals surface area contributed by atoms with Crippen molar-refractivity contribution in [1.82, 2.24) is 14.8 Å². The highest BCUT2D eigenvalue weighted by Crippen LogP contribution is 2.41. The van der Waals surface area contributed by atoms with Gasteiger partial charge in [0.1, 0.15) is 19.0 Å². The van der Waals surface area contributed by atoms with Crippen LogP contribution in [0.15, 0.2) is 30.3 Å². The number of ether oxygens (including phenoxy) is 2. The fourth-order valence-corrected chi connectivity index (χ4v) is 6.24. The Morgan fingerprint density at radius 1 is 1.11 bits per heavy atom. The van der Waals surface area contributed by atoms with E-state index in [-0.39, 0.29) is 42.5 Å². The summed E-state index contributed by atoms with van der Waals surface area (Å²) in [5.41, 5.74) is 2.80. The molecule has 3 heterocycles. The fourth-order valence-electron chi connectivity index (χ4n) is 4.55. The number of Topliss-reactive ketones (excluding diaryl/α,β-unsaturated/α-hetero) is 1. The fraction of sp³-hybridized carbons (Fsp3) is 0.440. The summed E-state index contributed by atoms with van der Waals surface area (Å²) < 4.78 is 37.0. The summed E-state index contributed by atoms with van der Waals surface area (Å²) in [6, 6.07) is 8.41. The number of hydrogen-bond acceptors (Lipinski definition) is 8. The Hall–Kier alpha value is -3.27. The molecular weight excluding hydrogens is 470 g/mol. The molecular formula is C25H27N3O6S. The average Bonchev–Trinajstić information content (AvgIpc) is 3.54. The first-order valence-corrected chi connectivity index (χ1v) is 13.6. The molecule has 9 nitrogen and oxygen atoms in total. The van der Waals surface area contributed by atoms with Crippen molar-refractivity contribution in [2.24, 2.45) is 0 Å². The largest absolute Gasteiger partial charge is 0.489 e. The number of ketones is 1. The van der Waals surface area contributed by atoms with E-state index in [1.807, 2.05) is 0 Å². The molecule has 1 unspecified atom stereocenters. The van der Waals surface area contributed by atoms with Gasteiger partial charge in [0.25, 0.3) is 0 Å². The molecule has 3 aromatic rings. The molecule has 2 aliphatic rings. The Morgan fingerprint density at radius 2 is 1.89 bits per heavy atom.